The fourth-order valence-electron chi connectivity index (χ4n) is 3.97. The summed E-state index contributed by atoms with van der Waals surface area (Å²) in [4.78, 5) is 27.6. The standard InChI is InChI=1S/C27H24ClNO5/c1-33-16-6-15-29-24(19-7-5-10-22(17-19)34-21-8-3-2-4-9-21)23(26(31)27(29)32)25(30)18-11-13-20(28)14-12-18/h2-5,7-14,17,24,30H,6,15-16H2,1H3/b25-23+. The van der Waals surface area contributed by atoms with Crippen LogP contribution in [-0.4, -0.2) is 42.0 Å². The quantitative estimate of drug-likeness (QED) is 0.198. The summed E-state index contributed by atoms with van der Waals surface area (Å²) in [5.74, 6) is -0.425. The average molecular weight is 478 g/mol. The summed E-state index contributed by atoms with van der Waals surface area (Å²) >= 11 is 5.98. The maximum absolute atomic E-state index is 13.1. The second kappa shape index (κ2) is 10.5. The lowest BCUT2D eigenvalue weighted by atomic mass is 9.95. The van der Waals surface area contributed by atoms with Crippen LogP contribution in [0.25, 0.3) is 5.76 Å². The Morgan fingerprint density at radius 3 is 2.38 bits per heavy atom. The van der Waals surface area contributed by atoms with Crippen molar-refractivity contribution < 1.29 is 24.2 Å². The monoisotopic (exact) mass is 477 g/mol. The van der Waals surface area contributed by atoms with Gasteiger partial charge in [0.25, 0.3) is 11.7 Å². The number of carbonyl (C=O) groups excluding carboxylic acids is 2. The van der Waals surface area contributed by atoms with Crippen LogP contribution in [0.5, 0.6) is 11.5 Å². The van der Waals surface area contributed by atoms with Crippen LogP contribution in [-0.2, 0) is 14.3 Å². The third kappa shape index (κ3) is 4.98. The molecule has 1 N–H and O–H groups in total. The van der Waals surface area contributed by atoms with Gasteiger partial charge < -0.3 is 19.5 Å². The number of nitrogens with zero attached hydrogens (tertiary/aromatic N) is 1. The van der Waals surface area contributed by atoms with Crippen molar-refractivity contribution in [3.8, 4) is 11.5 Å². The first-order valence-corrected chi connectivity index (χ1v) is 11.2. The van der Waals surface area contributed by atoms with Crippen LogP contribution in [0.3, 0.4) is 0 Å². The van der Waals surface area contributed by atoms with Gasteiger partial charge in [-0.25, -0.2) is 0 Å². The van der Waals surface area contributed by atoms with Crippen molar-refractivity contribution in [1.82, 2.24) is 4.90 Å². The van der Waals surface area contributed by atoms with Gasteiger partial charge in [-0.1, -0.05) is 41.9 Å². The van der Waals surface area contributed by atoms with Gasteiger partial charge in [0.15, 0.2) is 0 Å². The molecule has 1 heterocycles. The number of methoxy groups -OCH3 is 1. The minimum Gasteiger partial charge on any atom is -0.507 e. The largest absolute Gasteiger partial charge is 0.507 e. The molecule has 0 bridgehead atoms. The molecule has 3 aromatic rings. The first kappa shape index (κ1) is 23.5. The van der Waals surface area contributed by atoms with Crippen molar-refractivity contribution in [3.63, 3.8) is 0 Å². The smallest absolute Gasteiger partial charge is 0.295 e. The van der Waals surface area contributed by atoms with Gasteiger partial charge in [-0.05, 0) is 60.5 Å². The second-order valence-electron chi connectivity index (χ2n) is 7.83. The summed E-state index contributed by atoms with van der Waals surface area (Å²) in [7, 11) is 1.58. The molecule has 0 radical (unpaired) electrons. The van der Waals surface area contributed by atoms with Crippen molar-refractivity contribution in [2.75, 3.05) is 20.3 Å². The maximum Gasteiger partial charge on any atom is 0.295 e. The summed E-state index contributed by atoms with van der Waals surface area (Å²) in [6.07, 6.45) is 0.543. The van der Waals surface area contributed by atoms with Gasteiger partial charge >= 0.3 is 0 Å². The number of carbonyl (C=O) groups is 2. The van der Waals surface area contributed by atoms with Gasteiger partial charge in [-0.15, -0.1) is 0 Å². The molecule has 1 saturated heterocycles. The molecule has 1 unspecified atom stereocenters. The Kier molecular flexibility index (Phi) is 7.30. The number of aliphatic hydroxyl groups is 1. The number of para-hydroxylation sites is 1. The fraction of sp³-hybridized carbons (Fsp3) is 0.185. The van der Waals surface area contributed by atoms with E-state index in [9.17, 15) is 14.7 Å². The Balaban J connectivity index is 1.78. The van der Waals surface area contributed by atoms with Crippen molar-refractivity contribution in [2.24, 2.45) is 0 Å². The molecule has 1 amide bonds. The van der Waals surface area contributed by atoms with Gasteiger partial charge in [0.2, 0.25) is 0 Å². The highest BCUT2D eigenvalue weighted by Crippen LogP contribution is 2.40. The number of benzene rings is 3. The van der Waals surface area contributed by atoms with Crippen molar-refractivity contribution in [3.05, 3.63) is 101 Å². The Bertz CT molecular complexity index is 1210. The molecular formula is C27H24ClNO5. The molecule has 34 heavy (non-hydrogen) atoms. The second-order valence-corrected chi connectivity index (χ2v) is 8.27. The van der Waals surface area contributed by atoms with E-state index >= 15 is 0 Å². The molecule has 174 valence electrons. The highest BCUT2D eigenvalue weighted by molar-refractivity contribution is 6.46. The summed E-state index contributed by atoms with van der Waals surface area (Å²) in [5, 5.41) is 11.6. The van der Waals surface area contributed by atoms with E-state index in [1.807, 2.05) is 36.4 Å². The highest BCUT2D eigenvalue weighted by atomic mass is 35.5. The number of rotatable bonds is 8. The molecule has 1 fully saturated rings. The molecule has 1 aliphatic rings. The zero-order valence-electron chi connectivity index (χ0n) is 18.6. The van der Waals surface area contributed by atoms with Gasteiger partial charge in [0.1, 0.15) is 17.3 Å². The molecule has 6 nitrogen and oxygen atoms in total. The molecule has 0 aliphatic carbocycles. The van der Waals surface area contributed by atoms with Crippen molar-refractivity contribution >= 4 is 29.1 Å². The van der Waals surface area contributed by atoms with E-state index in [-0.39, 0.29) is 11.3 Å². The zero-order chi connectivity index (χ0) is 24.1. The molecule has 0 aromatic heterocycles. The summed E-state index contributed by atoms with van der Waals surface area (Å²) in [5.41, 5.74) is 1.09. The van der Waals surface area contributed by atoms with Crippen LogP contribution in [0.4, 0.5) is 0 Å². The lowest BCUT2D eigenvalue weighted by Crippen LogP contribution is -2.31. The highest BCUT2D eigenvalue weighted by Gasteiger charge is 2.45. The van der Waals surface area contributed by atoms with Crippen LogP contribution in [0.15, 0.2) is 84.4 Å². The van der Waals surface area contributed by atoms with Crippen molar-refractivity contribution in [2.45, 2.75) is 12.5 Å². The number of amides is 1. The van der Waals surface area contributed by atoms with Crippen LogP contribution < -0.4 is 4.74 Å². The number of hydrogen-bond donors (Lipinski definition) is 1. The SMILES string of the molecule is COCCCN1C(=O)C(=O)/C(=C(/O)c2ccc(Cl)cc2)C1c1cccc(Oc2ccccc2)c1. The summed E-state index contributed by atoms with van der Waals surface area (Å²) in [6, 6.07) is 22.2. The van der Waals surface area contributed by atoms with Crippen molar-refractivity contribution in [1.29, 1.82) is 0 Å². The molecule has 3 aromatic carbocycles. The van der Waals surface area contributed by atoms with E-state index in [0.717, 1.165) is 0 Å². The van der Waals surface area contributed by atoms with Crippen LogP contribution >= 0.6 is 11.6 Å². The van der Waals surface area contributed by atoms with Crippen LogP contribution in [0, 0.1) is 0 Å². The summed E-state index contributed by atoms with van der Waals surface area (Å²) in [6.45, 7) is 0.730. The van der Waals surface area contributed by atoms with E-state index in [4.69, 9.17) is 21.1 Å². The topological polar surface area (TPSA) is 76.1 Å². The molecule has 1 atom stereocenters. The third-order valence-corrected chi connectivity index (χ3v) is 5.81. The molecule has 7 heteroatoms. The number of ketones is 1. The number of aliphatic hydroxyl groups excluding tert-OH is 1. The average Bonchev–Trinajstić information content (AvgIpc) is 3.10. The lowest BCUT2D eigenvalue weighted by molar-refractivity contribution is -0.140. The first-order chi connectivity index (χ1) is 16.5. The van der Waals surface area contributed by atoms with E-state index < -0.39 is 17.7 Å². The Morgan fingerprint density at radius 2 is 1.68 bits per heavy atom. The predicted octanol–water partition coefficient (Wildman–Crippen LogP) is 5.59. The van der Waals surface area contributed by atoms with Crippen LogP contribution in [0.2, 0.25) is 5.02 Å². The zero-order valence-corrected chi connectivity index (χ0v) is 19.4. The Labute approximate surface area is 203 Å². The first-order valence-electron chi connectivity index (χ1n) is 10.9. The molecule has 0 saturated carbocycles. The van der Waals surface area contributed by atoms with Gasteiger partial charge in [0, 0.05) is 30.8 Å². The summed E-state index contributed by atoms with van der Waals surface area (Å²) < 4.78 is 11.1. The minimum atomic E-state index is -0.771. The predicted molar refractivity (Wildman–Crippen MR) is 130 cm³/mol. The van der Waals surface area contributed by atoms with Gasteiger partial charge in [0.05, 0.1) is 11.6 Å². The normalized spacial score (nSPS) is 17.2. The molecule has 4 rings (SSSR count). The number of hydrogen-bond acceptors (Lipinski definition) is 5. The molecule has 1 aliphatic heterocycles. The molecule has 0 spiro atoms. The Morgan fingerprint density at radius 1 is 0.971 bits per heavy atom. The number of halogens is 1. The van der Waals surface area contributed by atoms with E-state index in [2.05, 4.69) is 0 Å². The third-order valence-electron chi connectivity index (χ3n) is 5.56. The number of likely N-dealkylation sites (tertiary alicyclic amines) is 1. The van der Waals surface area contributed by atoms with E-state index in [0.29, 0.717) is 47.2 Å². The van der Waals surface area contributed by atoms with E-state index in [1.54, 1.807) is 49.6 Å². The van der Waals surface area contributed by atoms with Crippen LogP contribution in [0.1, 0.15) is 23.6 Å². The van der Waals surface area contributed by atoms with Gasteiger partial charge in [-0.3, -0.25) is 9.59 Å². The molecular weight excluding hydrogens is 454 g/mol. The number of Topliss-reactive ketones (excluding diaryl/α,β-unsaturated/α-hetero) is 1. The van der Waals surface area contributed by atoms with E-state index in [1.165, 1.54) is 4.90 Å². The minimum absolute atomic E-state index is 0.0293. The lowest BCUT2D eigenvalue weighted by Gasteiger charge is -2.25. The fourth-order valence-corrected chi connectivity index (χ4v) is 4.10. The maximum atomic E-state index is 13.1. The number of ether oxygens (including phenoxy) is 2. The Hall–Kier alpha value is -3.61. The van der Waals surface area contributed by atoms with Gasteiger partial charge in [-0.2, -0.15) is 0 Å².